The fraction of sp³-hybridized carbons (Fsp3) is 0.455. The Morgan fingerprint density at radius 1 is 1.07 bits per heavy atom. The molecule has 9 heteroatoms. The average Bonchev–Trinajstić information content (AvgIpc) is 2.98. The van der Waals surface area contributed by atoms with Gasteiger partial charge < -0.3 is 35.4 Å². The molecule has 0 radical (unpaired) electrons. The molecule has 3 amide bonds. The number of amides is 3. The summed E-state index contributed by atoms with van der Waals surface area (Å²) in [6.45, 7) is 7.38. The summed E-state index contributed by atoms with van der Waals surface area (Å²) in [5.41, 5.74) is 1.48. The molecule has 3 aromatic rings. The molecule has 4 rings (SSSR count). The predicted molar refractivity (Wildman–Crippen MR) is 167 cm³/mol. The van der Waals surface area contributed by atoms with Gasteiger partial charge in [-0.25, -0.2) is 4.79 Å². The number of hydrogen-bond acceptors (Lipinski definition) is 6. The number of urea groups is 1. The highest BCUT2D eigenvalue weighted by atomic mass is 16.5. The maximum atomic E-state index is 14.1. The number of rotatable bonds is 6. The molecule has 0 saturated carbocycles. The Morgan fingerprint density at radius 2 is 1.86 bits per heavy atom. The third-order valence-corrected chi connectivity index (χ3v) is 7.75. The lowest BCUT2D eigenvalue weighted by molar-refractivity contribution is -0.000451. The summed E-state index contributed by atoms with van der Waals surface area (Å²) in [5, 5.41) is 21.0. The van der Waals surface area contributed by atoms with Crippen LogP contribution in [0.25, 0.3) is 10.8 Å². The number of ether oxygens (including phenoxy) is 2. The first-order valence-corrected chi connectivity index (χ1v) is 14.8. The third kappa shape index (κ3) is 8.00. The number of nitrogens with zero attached hydrogens (tertiary/aromatic N) is 1. The normalized spacial score (nSPS) is 21.1. The van der Waals surface area contributed by atoms with Crippen molar-refractivity contribution in [1.29, 1.82) is 0 Å². The number of carbonyl (C=O) groups excluding carboxylic acids is 2. The van der Waals surface area contributed by atoms with Crippen LogP contribution in [0.5, 0.6) is 5.75 Å². The van der Waals surface area contributed by atoms with Crippen molar-refractivity contribution in [3.8, 4) is 5.75 Å². The highest BCUT2D eigenvalue weighted by Crippen LogP contribution is 2.29. The molecule has 1 aliphatic heterocycles. The van der Waals surface area contributed by atoms with Crippen LogP contribution >= 0.6 is 0 Å². The van der Waals surface area contributed by atoms with Gasteiger partial charge in [-0.3, -0.25) is 4.79 Å². The first-order chi connectivity index (χ1) is 20.3. The molecule has 0 aliphatic carbocycles. The predicted octanol–water partition coefficient (Wildman–Crippen LogP) is 5.50. The van der Waals surface area contributed by atoms with Gasteiger partial charge in [0.15, 0.2) is 0 Å². The number of hydrogen-bond donors (Lipinski definition) is 4. The van der Waals surface area contributed by atoms with E-state index in [0.717, 1.165) is 30.0 Å². The Bertz CT molecular complexity index is 1340. The SMILES string of the molecule is CNC[C@H]1OCCCC[C@@H](C)Oc2ccc(NC(=O)Nc3cccc4ccccc34)cc2C(=O)N([C@H](C)CO)C[C@H]1C. The molecule has 0 unspecified atom stereocenters. The second kappa shape index (κ2) is 15.0. The molecule has 9 nitrogen and oxygen atoms in total. The number of aliphatic hydroxyl groups is 1. The van der Waals surface area contributed by atoms with Gasteiger partial charge in [-0.05, 0) is 69.8 Å². The van der Waals surface area contributed by atoms with Gasteiger partial charge in [-0.2, -0.15) is 0 Å². The van der Waals surface area contributed by atoms with Gasteiger partial charge in [-0.1, -0.05) is 43.3 Å². The molecular weight excluding hydrogens is 532 g/mol. The summed E-state index contributed by atoms with van der Waals surface area (Å²) in [6.07, 6.45) is 2.46. The first-order valence-electron chi connectivity index (χ1n) is 14.8. The van der Waals surface area contributed by atoms with Crippen LogP contribution < -0.4 is 20.7 Å². The Morgan fingerprint density at radius 3 is 2.64 bits per heavy atom. The lowest BCUT2D eigenvalue weighted by Gasteiger charge is -2.34. The van der Waals surface area contributed by atoms with Crippen molar-refractivity contribution in [2.24, 2.45) is 5.92 Å². The van der Waals surface area contributed by atoms with E-state index in [1.54, 1.807) is 23.1 Å². The lowest BCUT2D eigenvalue weighted by Crippen LogP contribution is -2.47. The molecule has 0 spiro atoms. The van der Waals surface area contributed by atoms with Gasteiger partial charge in [0, 0.05) is 36.7 Å². The molecule has 0 aromatic heterocycles. The molecule has 0 bridgehead atoms. The van der Waals surface area contributed by atoms with E-state index in [1.165, 1.54) is 0 Å². The number of carbonyl (C=O) groups is 2. The maximum Gasteiger partial charge on any atom is 0.323 e. The van der Waals surface area contributed by atoms with Crippen LogP contribution in [-0.4, -0.2) is 73.5 Å². The Balaban J connectivity index is 1.63. The Labute approximate surface area is 248 Å². The van der Waals surface area contributed by atoms with Gasteiger partial charge in [0.1, 0.15) is 5.75 Å². The fourth-order valence-corrected chi connectivity index (χ4v) is 5.31. The monoisotopic (exact) mass is 576 g/mol. The zero-order valence-electron chi connectivity index (χ0n) is 25.1. The van der Waals surface area contributed by atoms with Crippen molar-refractivity contribution in [3.63, 3.8) is 0 Å². The quantitative estimate of drug-likeness (QED) is 0.308. The molecular formula is C33H44N4O5. The van der Waals surface area contributed by atoms with Gasteiger partial charge in [0.25, 0.3) is 5.91 Å². The van der Waals surface area contributed by atoms with E-state index >= 15 is 0 Å². The van der Waals surface area contributed by atoms with Gasteiger partial charge >= 0.3 is 6.03 Å². The average molecular weight is 577 g/mol. The standard InChI is InChI=1S/C33H44N4O5/c1-22-20-37(23(2)21-38)32(39)28-18-26(35-33(40)36-29-14-9-12-25-11-5-6-13-27(25)29)15-16-30(28)42-24(3)10-7-8-17-41-31(22)19-34-4/h5-6,9,11-16,18,22-24,31,34,38H,7-8,10,17,19-21H2,1-4H3,(H2,35,36,40)/t22-,23-,24-,31-/m1/s1. The number of benzene rings is 3. The number of fused-ring (bicyclic) bond motifs is 2. The summed E-state index contributed by atoms with van der Waals surface area (Å²) in [6, 6.07) is 17.9. The van der Waals surface area contributed by atoms with Crippen LogP contribution in [-0.2, 0) is 4.74 Å². The Hall–Kier alpha value is -3.66. The molecule has 4 atom stereocenters. The second-order valence-corrected chi connectivity index (χ2v) is 11.2. The van der Waals surface area contributed by atoms with Crippen molar-refractivity contribution in [2.75, 3.05) is 44.0 Å². The molecule has 0 fully saturated rings. The van der Waals surface area contributed by atoms with E-state index < -0.39 is 12.1 Å². The molecule has 1 heterocycles. The summed E-state index contributed by atoms with van der Waals surface area (Å²) in [5.74, 6) is 0.189. The highest BCUT2D eigenvalue weighted by Gasteiger charge is 2.29. The van der Waals surface area contributed by atoms with Crippen LogP contribution in [0.15, 0.2) is 60.7 Å². The van der Waals surface area contributed by atoms with Crippen molar-refractivity contribution >= 4 is 34.1 Å². The topological polar surface area (TPSA) is 112 Å². The van der Waals surface area contributed by atoms with Crippen LogP contribution in [0.2, 0.25) is 0 Å². The Kier molecular flexibility index (Phi) is 11.2. The minimum atomic E-state index is -0.431. The molecule has 226 valence electrons. The largest absolute Gasteiger partial charge is 0.490 e. The zero-order chi connectivity index (χ0) is 30.1. The van der Waals surface area contributed by atoms with Crippen molar-refractivity contribution < 1.29 is 24.2 Å². The van der Waals surface area contributed by atoms with Crippen LogP contribution in [0.1, 0.15) is 50.4 Å². The second-order valence-electron chi connectivity index (χ2n) is 11.2. The number of likely N-dealkylation sites (N-methyl/N-ethyl adjacent to an activating group) is 1. The van der Waals surface area contributed by atoms with Crippen LogP contribution in [0.4, 0.5) is 16.2 Å². The minimum Gasteiger partial charge on any atom is -0.490 e. The van der Waals surface area contributed by atoms with E-state index in [2.05, 4.69) is 22.9 Å². The molecule has 4 N–H and O–H groups in total. The van der Waals surface area contributed by atoms with Crippen LogP contribution in [0.3, 0.4) is 0 Å². The summed E-state index contributed by atoms with van der Waals surface area (Å²) in [4.78, 5) is 28.9. The third-order valence-electron chi connectivity index (χ3n) is 7.75. The summed E-state index contributed by atoms with van der Waals surface area (Å²) < 4.78 is 12.5. The summed E-state index contributed by atoms with van der Waals surface area (Å²) >= 11 is 0. The molecule has 3 aromatic carbocycles. The molecule has 0 saturated heterocycles. The number of nitrogens with one attached hydrogen (secondary N) is 3. The maximum absolute atomic E-state index is 14.1. The van der Waals surface area contributed by atoms with Crippen LogP contribution in [0, 0.1) is 5.92 Å². The lowest BCUT2D eigenvalue weighted by atomic mass is 10.0. The number of anilines is 2. The van der Waals surface area contributed by atoms with E-state index in [-0.39, 0.29) is 30.6 Å². The highest BCUT2D eigenvalue weighted by molar-refractivity contribution is 6.07. The summed E-state index contributed by atoms with van der Waals surface area (Å²) in [7, 11) is 1.89. The van der Waals surface area contributed by atoms with Crippen molar-refractivity contribution in [1.82, 2.24) is 10.2 Å². The number of aliphatic hydroxyl groups excluding tert-OH is 1. The van der Waals surface area contributed by atoms with E-state index in [1.807, 2.05) is 63.4 Å². The van der Waals surface area contributed by atoms with Gasteiger partial charge in [0.2, 0.25) is 0 Å². The molecule has 1 aliphatic rings. The van der Waals surface area contributed by atoms with E-state index in [9.17, 15) is 14.7 Å². The van der Waals surface area contributed by atoms with E-state index in [0.29, 0.717) is 42.4 Å². The van der Waals surface area contributed by atoms with Crippen molar-refractivity contribution in [2.45, 2.75) is 58.3 Å². The van der Waals surface area contributed by atoms with Gasteiger partial charge in [0.05, 0.1) is 36.1 Å². The first kappa shape index (κ1) is 31.3. The fourth-order valence-electron chi connectivity index (χ4n) is 5.31. The molecule has 42 heavy (non-hydrogen) atoms. The smallest absolute Gasteiger partial charge is 0.323 e. The van der Waals surface area contributed by atoms with Crippen molar-refractivity contribution in [3.05, 3.63) is 66.2 Å². The zero-order valence-corrected chi connectivity index (χ0v) is 25.1. The van der Waals surface area contributed by atoms with E-state index in [4.69, 9.17) is 9.47 Å². The van der Waals surface area contributed by atoms with Gasteiger partial charge in [-0.15, -0.1) is 0 Å². The minimum absolute atomic E-state index is 0.00872.